The summed E-state index contributed by atoms with van der Waals surface area (Å²) in [4.78, 5) is 13.4. The predicted octanol–water partition coefficient (Wildman–Crippen LogP) is 6.61. The summed E-state index contributed by atoms with van der Waals surface area (Å²) in [6.07, 6.45) is 4.03. The molecule has 222 valence electrons. The number of carbonyl (C=O) groups is 1. The zero-order valence-corrected chi connectivity index (χ0v) is 26.7. The summed E-state index contributed by atoms with van der Waals surface area (Å²) in [5.41, 5.74) is -0.955. The van der Waals surface area contributed by atoms with E-state index in [1.165, 1.54) is 0 Å². The lowest BCUT2D eigenvalue weighted by Crippen LogP contribution is -2.69. The number of Topliss-reactive ketones (excluding diaryl/α,β-unsaturated/α-hetero) is 1. The third-order valence-corrected chi connectivity index (χ3v) is 17.2. The van der Waals surface area contributed by atoms with E-state index >= 15 is 0 Å². The van der Waals surface area contributed by atoms with Crippen LogP contribution in [0.25, 0.3) is 0 Å². The van der Waals surface area contributed by atoms with Gasteiger partial charge in [0.25, 0.3) is 0 Å². The molecule has 0 radical (unpaired) electrons. The largest absolute Gasteiger partial charge is 0.411 e. The molecule has 6 nitrogen and oxygen atoms in total. The number of fused-ring (bicyclic) bond motifs is 2. The van der Waals surface area contributed by atoms with Gasteiger partial charge in [-0.2, -0.15) is 0 Å². The topological polar surface area (TPSA) is 66.5 Å². The summed E-state index contributed by atoms with van der Waals surface area (Å²) in [6.45, 7) is 16.4. The molecule has 3 heterocycles. The van der Waals surface area contributed by atoms with Gasteiger partial charge in [-0.1, -0.05) is 58.0 Å². The van der Waals surface area contributed by atoms with Crippen molar-refractivity contribution in [3.05, 3.63) is 35.9 Å². The van der Waals surface area contributed by atoms with Crippen molar-refractivity contribution in [2.45, 2.75) is 147 Å². The quantitative estimate of drug-likeness (QED) is 0.246. The maximum Gasteiger partial charge on any atom is 0.192 e. The van der Waals surface area contributed by atoms with Gasteiger partial charge in [-0.15, -0.1) is 0 Å². The molecule has 0 N–H and O–H groups in total. The minimum Gasteiger partial charge on any atom is -0.411 e. The van der Waals surface area contributed by atoms with Gasteiger partial charge in [0, 0.05) is 11.8 Å². The summed E-state index contributed by atoms with van der Waals surface area (Å²) in [5, 5.41) is 0. The number of benzene rings is 1. The van der Waals surface area contributed by atoms with Gasteiger partial charge in [-0.05, 0) is 70.2 Å². The van der Waals surface area contributed by atoms with Crippen molar-refractivity contribution in [2.24, 2.45) is 10.8 Å². The SMILES string of the molecule is CC[Si](CC)(CC)O[C@@H]1C[C@]23O[C@]24CC[C@H]2OCC(=O)[C@]2(C)[C@@]4(C)CC[C@@H]3O[C@@H]1C(C)(C)OCc1ccccc1. The Hall–Kier alpha value is -1.09. The molecule has 8 atom stereocenters. The van der Waals surface area contributed by atoms with Crippen LogP contribution in [0.2, 0.25) is 18.1 Å². The van der Waals surface area contributed by atoms with Crippen molar-refractivity contribution < 1.29 is 28.2 Å². The lowest BCUT2D eigenvalue weighted by Gasteiger charge is -2.59. The number of hydrogen-bond donors (Lipinski definition) is 0. The second-order valence-corrected chi connectivity index (χ2v) is 18.9. The van der Waals surface area contributed by atoms with Crippen molar-refractivity contribution in [1.29, 1.82) is 0 Å². The van der Waals surface area contributed by atoms with Crippen LogP contribution in [-0.2, 0) is 34.8 Å². The van der Waals surface area contributed by atoms with Crippen molar-refractivity contribution in [2.75, 3.05) is 6.61 Å². The van der Waals surface area contributed by atoms with Crippen LogP contribution >= 0.6 is 0 Å². The van der Waals surface area contributed by atoms with E-state index in [1.54, 1.807) is 0 Å². The fraction of sp³-hybridized carbons (Fsp3) is 0.788. The van der Waals surface area contributed by atoms with Gasteiger partial charge in [-0.3, -0.25) is 4.79 Å². The van der Waals surface area contributed by atoms with Gasteiger partial charge in [-0.25, -0.2) is 0 Å². The Morgan fingerprint density at radius 3 is 2.35 bits per heavy atom. The first-order chi connectivity index (χ1) is 19.0. The van der Waals surface area contributed by atoms with Crippen LogP contribution < -0.4 is 0 Å². The highest BCUT2D eigenvalue weighted by molar-refractivity contribution is 6.73. The van der Waals surface area contributed by atoms with Crippen molar-refractivity contribution in [1.82, 2.24) is 0 Å². The summed E-state index contributed by atoms with van der Waals surface area (Å²) in [5.74, 6) is 0.246. The molecule has 1 aromatic rings. The van der Waals surface area contributed by atoms with Crippen molar-refractivity contribution >= 4 is 14.1 Å². The van der Waals surface area contributed by atoms with Gasteiger partial charge in [0.15, 0.2) is 14.1 Å². The summed E-state index contributed by atoms with van der Waals surface area (Å²) in [6, 6.07) is 13.6. The van der Waals surface area contributed by atoms with Crippen LogP contribution in [0.4, 0.5) is 0 Å². The van der Waals surface area contributed by atoms with Gasteiger partial charge in [0.1, 0.15) is 23.9 Å². The molecule has 0 aromatic heterocycles. The molecule has 40 heavy (non-hydrogen) atoms. The zero-order chi connectivity index (χ0) is 28.6. The van der Waals surface area contributed by atoms with Gasteiger partial charge >= 0.3 is 0 Å². The van der Waals surface area contributed by atoms with E-state index in [0.717, 1.165) is 55.8 Å². The number of carbonyl (C=O) groups excluding carboxylic acids is 1. The van der Waals surface area contributed by atoms with Crippen molar-refractivity contribution in [3.63, 3.8) is 0 Å². The lowest BCUT2D eigenvalue weighted by molar-refractivity contribution is -0.235. The van der Waals surface area contributed by atoms with Crippen LogP contribution in [0.3, 0.4) is 0 Å². The third kappa shape index (κ3) is 3.80. The number of rotatable bonds is 9. The van der Waals surface area contributed by atoms with Crippen molar-refractivity contribution in [3.8, 4) is 0 Å². The highest BCUT2D eigenvalue weighted by atomic mass is 28.4. The lowest BCUT2D eigenvalue weighted by atomic mass is 9.44. The highest BCUT2D eigenvalue weighted by Crippen LogP contribution is 2.78. The molecule has 0 unspecified atom stereocenters. The first-order valence-corrected chi connectivity index (χ1v) is 18.4. The standard InChI is InChI=1S/C33H50O6Si/c1-8-40(9-2,10-3)38-24-20-32-27(37-28(24)29(4,5)36-21-23-14-12-11-13-15-23)16-18-30(6)31(7)25(34)22-35-26(31)17-19-33(30,32)39-32/h11-15,24,26-28H,8-10,16-22H2,1-7H3/t24-,26-,27+,28+,30-,31+,32-,33+/m1/s1. The first-order valence-electron chi connectivity index (χ1n) is 15.8. The van der Waals surface area contributed by atoms with Crippen LogP contribution in [0.15, 0.2) is 30.3 Å². The summed E-state index contributed by atoms with van der Waals surface area (Å²) < 4.78 is 34.3. The number of hydrogen-bond acceptors (Lipinski definition) is 6. The molecule has 2 saturated carbocycles. The molecule has 1 aromatic carbocycles. The summed E-state index contributed by atoms with van der Waals surface area (Å²) in [7, 11) is -1.96. The predicted molar refractivity (Wildman–Crippen MR) is 157 cm³/mol. The monoisotopic (exact) mass is 570 g/mol. The fourth-order valence-electron chi connectivity index (χ4n) is 9.45. The second kappa shape index (κ2) is 9.71. The average Bonchev–Trinajstić information content (AvgIpc) is 3.52. The van der Waals surface area contributed by atoms with Gasteiger partial charge in [0.2, 0.25) is 0 Å². The molecule has 2 spiro atoms. The Morgan fingerprint density at radius 2 is 1.68 bits per heavy atom. The third-order valence-electron chi connectivity index (χ3n) is 12.5. The van der Waals surface area contributed by atoms with E-state index in [9.17, 15) is 4.79 Å². The maximum atomic E-state index is 13.4. The van der Waals surface area contributed by atoms with E-state index in [-0.39, 0.29) is 47.8 Å². The molecular weight excluding hydrogens is 520 g/mol. The zero-order valence-electron chi connectivity index (χ0n) is 25.7. The van der Waals surface area contributed by atoms with Gasteiger partial charge in [0.05, 0.1) is 35.9 Å². The van der Waals surface area contributed by atoms with E-state index in [2.05, 4.69) is 72.7 Å². The minimum absolute atomic E-state index is 0.0108. The Balaban J connectivity index is 1.33. The summed E-state index contributed by atoms with van der Waals surface area (Å²) >= 11 is 0. The van der Waals surface area contributed by atoms with E-state index in [1.807, 2.05) is 6.07 Å². The average molecular weight is 571 g/mol. The second-order valence-electron chi connectivity index (χ2n) is 14.2. The molecule has 7 heteroatoms. The molecule has 5 fully saturated rings. The molecule has 0 bridgehead atoms. The van der Waals surface area contributed by atoms with E-state index < -0.39 is 24.9 Å². The molecule has 3 aliphatic heterocycles. The molecule has 0 amide bonds. The van der Waals surface area contributed by atoms with Crippen LogP contribution in [0, 0.1) is 10.8 Å². The molecule has 6 rings (SSSR count). The molecule has 5 aliphatic rings. The highest BCUT2D eigenvalue weighted by Gasteiger charge is 2.88. The Morgan fingerprint density at radius 1 is 1.00 bits per heavy atom. The Kier molecular flexibility index (Phi) is 7.04. The Labute approximate surface area is 241 Å². The number of ether oxygens (including phenoxy) is 4. The van der Waals surface area contributed by atoms with Crippen LogP contribution in [0.5, 0.6) is 0 Å². The maximum absolute atomic E-state index is 13.4. The first kappa shape index (κ1) is 29.0. The number of epoxide rings is 1. The van der Waals surface area contributed by atoms with Crippen LogP contribution in [0.1, 0.15) is 86.1 Å². The fourth-order valence-corrected chi connectivity index (χ4v) is 12.3. The minimum atomic E-state index is -1.96. The molecular formula is C33H50O6Si. The normalized spacial score (nSPS) is 42.5. The van der Waals surface area contributed by atoms with E-state index in [0.29, 0.717) is 6.61 Å². The van der Waals surface area contributed by atoms with Gasteiger partial charge < -0.3 is 23.4 Å². The number of ketones is 1. The smallest absolute Gasteiger partial charge is 0.192 e. The Bertz CT molecular complexity index is 1110. The van der Waals surface area contributed by atoms with Crippen LogP contribution in [-0.4, -0.2) is 61.9 Å². The van der Waals surface area contributed by atoms with E-state index in [4.69, 9.17) is 23.4 Å². The molecule has 3 saturated heterocycles. The molecule has 2 aliphatic carbocycles.